The van der Waals surface area contributed by atoms with Gasteiger partial charge < -0.3 is 4.98 Å². The number of H-pyrrole nitrogens is 1. The first-order valence-electron chi connectivity index (χ1n) is 7.86. The topological polar surface area (TPSA) is 28.7 Å². The van der Waals surface area contributed by atoms with Gasteiger partial charge in [-0.25, -0.2) is 4.98 Å². The number of nitrogens with one attached hydrogen (secondary N) is 1. The lowest BCUT2D eigenvalue weighted by molar-refractivity contribution is 1.37. The van der Waals surface area contributed by atoms with E-state index >= 15 is 0 Å². The summed E-state index contributed by atoms with van der Waals surface area (Å²) in [6, 6.07) is 24.8. The number of nitrogens with zero attached hydrogens (tertiary/aromatic N) is 1. The Morgan fingerprint density at radius 2 is 1.54 bits per heavy atom. The minimum Gasteiger partial charge on any atom is -0.353 e. The molecule has 2 aliphatic heterocycles. The first-order valence-corrected chi connectivity index (χ1v) is 8.24. The maximum absolute atomic E-state index is 6.62. The number of para-hydroxylation sites is 1. The SMILES string of the molecule is Clc1c2nc3ccc(-c4ccccc4)cc3c-2[nH]c2ccccc12. The summed E-state index contributed by atoms with van der Waals surface area (Å²) in [4.78, 5) is 8.24. The average Bonchev–Trinajstić information content (AvgIpc) is 3.01. The Morgan fingerprint density at radius 1 is 0.750 bits per heavy atom. The van der Waals surface area contributed by atoms with E-state index in [4.69, 9.17) is 16.6 Å². The number of fused-ring (bicyclic) bond motifs is 4. The lowest BCUT2D eigenvalue weighted by Gasteiger charge is -2.07. The van der Waals surface area contributed by atoms with E-state index in [1.165, 1.54) is 11.1 Å². The molecule has 3 aromatic rings. The molecule has 1 N–H and O–H groups in total. The number of hydrogen-bond acceptors (Lipinski definition) is 1. The van der Waals surface area contributed by atoms with Crippen molar-refractivity contribution >= 4 is 33.4 Å². The van der Waals surface area contributed by atoms with Gasteiger partial charge in [-0.05, 0) is 29.3 Å². The van der Waals surface area contributed by atoms with Gasteiger partial charge in [-0.15, -0.1) is 0 Å². The van der Waals surface area contributed by atoms with E-state index in [-0.39, 0.29) is 0 Å². The smallest absolute Gasteiger partial charge is 0.107 e. The highest BCUT2D eigenvalue weighted by Gasteiger charge is 2.18. The van der Waals surface area contributed by atoms with E-state index in [1.807, 2.05) is 30.3 Å². The Bertz CT molecular complexity index is 1160. The largest absolute Gasteiger partial charge is 0.353 e. The van der Waals surface area contributed by atoms with Crippen LogP contribution in [0.1, 0.15) is 0 Å². The average molecular weight is 329 g/mol. The van der Waals surface area contributed by atoms with Crippen LogP contribution < -0.4 is 0 Å². The van der Waals surface area contributed by atoms with E-state index in [9.17, 15) is 0 Å². The Hall–Kier alpha value is -2.84. The van der Waals surface area contributed by atoms with Crippen molar-refractivity contribution in [1.29, 1.82) is 0 Å². The predicted octanol–water partition coefficient (Wildman–Crippen LogP) is 6.14. The fourth-order valence-corrected chi connectivity index (χ4v) is 3.58. The molecule has 0 aliphatic carbocycles. The molecule has 0 aromatic heterocycles. The lowest BCUT2D eigenvalue weighted by Crippen LogP contribution is -1.88. The molecule has 0 bridgehead atoms. The highest BCUT2D eigenvalue weighted by Crippen LogP contribution is 2.39. The lowest BCUT2D eigenvalue weighted by atomic mass is 10.0. The molecule has 0 radical (unpaired) electrons. The number of halogens is 1. The molecule has 0 unspecified atom stereocenters. The molecule has 3 aromatic carbocycles. The summed E-state index contributed by atoms with van der Waals surface area (Å²) in [6.07, 6.45) is 0. The van der Waals surface area contributed by atoms with E-state index < -0.39 is 0 Å². The zero-order valence-corrected chi connectivity index (χ0v) is 13.5. The van der Waals surface area contributed by atoms with Crippen molar-refractivity contribution in [1.82, 2.24) is 9.97 Å². The third-order valence-corrected chi connectivity index (χ3v) is 4.86. The Kier molecular flexibility index (Phi) is 2.88. The molecule has 2 heterocycles. The number of rotatable bonds is 1. The predicted molar refractivity (Wildman–Crippen MR) is 101 cm³/mol. The molecule has 3 heteroatoms. The number of hydrogen-bond donors (Lipinski definition) is 1. The Balaban J connectivity index is 1.85. The summed E-state index contributed by atoms with van der Waals surface area (Å²) in [5.74, 6) is 0. The van der Waals surface area contributed by atoms with E-state index in [2.05, 4.69) is 47.4 Å². The second-order valence-corrected chi connectivity index (χ2v) is 6.30. The van der Waals surface area contributed by atoms with Crippen molar-refractivity contribution < 1.29 is 0 Å². The van der Waals surface area contributed by atoms with Gasteiger partial charge in [-0.1, -0.05) is 66.2 Å². The van der Waals surface area contributed by atoms with Crippen molar-refractivity contribution in [3.05, 3.63) is 77.8 Å². The van der Waals surface area contributed by atoms with Gasteiger partial charge in [0.2, 0.25) is 0 Å². The van der Waals surface area contributed by atoms with Crippen LogP contribution in [-0.4, -0.2) is 9.97 Å². The molecule has 0 saturated carbocycles. The Labute approximate surface area is 144 Å². The van der Waals surface area contributed by atoms with Crippen molar-refractivity contribution in [3.8, 4) is 22.5 Å². The van der Waals surface area contributed by atoms with Gasteiger partial charge in [-0.3, -0.25) is 0 Å². The van der Waals surface area contributed by atoms with Crippen molar-refractivity contribution in [2.24, 2.45) is 0 Å². The van der Waals surface area contributed by atoms with Crippen LogP contribution in [0, 0.1) is 0 Å². The maximum atomic E-state index is 6.62. The van der Waals surface area contributed by atoms with Crippen LogP contribution >= 0.6 is 11.6 Å². The zero-order chi connectivity index (χ0) is 16.1. The van der Waals surface area contributed by atoms with E-state index in [0.717, 1.165) is 33.2 Å². The van der Waals surface area contributed by atoms with E-state index in [1.54, 1.807) is 0 Å². The zero-order valence-electron chi connectivity index (χ0n) is 12.8. The maximum Gasteiger partial charge on any atom is 0.107 e. The van der Waals surface area contributed by atoms with Crippen LogP contribution in [0.5, 0.6) is 0 Å². The summed E-state index contributed by atoms with van der Waals surface area (Å²) in [7, 11) is 0. The monoisotopic (exact) mass is 328 g/mol. The number of pyridine rings is 1. The molecule has 0 amide bonds. The van der Waals surface area contributed by atoms with Crippen LogP contribution in [0.4, 0.5) is 0 Å². The molecule has 2 aliphatic rings. The second-order valence-electron chi connectivity index (χ2n) is 5.92. The standard InChI is InChI=1S/C21H13ClN2/c22-19-15-8-4-5-9-17(15)23-20-16-12-14(13-6-2-1-3-7-13)10-11-18(16)24-21(19)20/h1-12,23H. The van der Waals surface area contributed by atoms with Gasteiger partial charge in [-0.2, -0.15) is 0 Å². The minimum absolute atomic E-state index is 0.705. The Morgan fingerprint density at radius 3 is 2.42 bits per heavy atom. The number of aromatic nitrogens is 2. The molecule has 0 saturated heterocycles. The van der Waals surface area contributed by atoms with Gasteiger partial charge >= 0.3 is 0 Å². The normalized spacial score (nSPS) is 11.5. The summed E-state index contributed by atoms with van der Waals surface area (Å²) in [5, 5.41) is 2.80. The molecule has 0 atom stereocenters. The van der Waals surface area contributed by atoms with Crippen molar-refractivity contribution in [2.45, 2.75) is 0 Å². The summed E-state index contributed by atoms with van der Waals surface area (Å²) in [5.41, 5.74) is 6.17. The summed E-state index contributed by atoms with van der Waals surface area (Å²) >= 11 is 6.62. The number of aromatic amines is 1. The quantitative estimate of drug-likeness (QED) is 0.393. The van der Waals surface area contributed by atoms with Crippen molar-refractivity contribution in [3.63, 3.8) is 0 Å². The second kappa shape index (κ2) is 5.08. The molecule has 2 nitrogen and oxygen atoms in total. The van der Waals surface area contributed by atoms with Crippen LogP contribution in [0.15, 0.2) is 72.8 Å². The number of benzene rings is 3. The highest BCUT2D eigenvalue weighted by atomic mass is 35.5. The van der Waals surface area contributed by atoms with Gasteiger partial charge in [0.15, 0.2) is 0 Å². The van der Waals surface area contributed by atoms with Crippen LogP contribution in [-0.2, 0) is 0 Å². The fourth-order valence-electron chi connectivity index (χ4n) is 3.28. The first kappa shape index (κ1) is 13.6. The summed E-state index contributed by atoms with van der Waals surface area (Å²) < 4.78 is 0. The van der Waals surface area contributed by atoms with Crippen molar-refractivity contribution in [2.75, 3.05) is 0 Å². The molecule has 0 fully saturated rings. The van der Waals surface area contributed by atoms with Crippen LogP contribution in [0.25, 0.3) is 44.3 Å². The minimum atomic E-state index is 0.705. The molecular formula is C21H13ClN2. The summed E-state index contributed by atoms with van der Waals surface area (Å²) in [6.45, 7) is 0. The van der Waals surface area contributed by atoms with Gasteiger partial charge in [0.25, 0.3) is 0 Å². The molecule has 0 spiro atoms. The highest BCUT2D eigenvalue weighted by molar-refractivity contribution is 6.38. The van der Waals surface area contributed by atoms with Gasteiger partial charge in [0, 0.05) is 16.3 Å². The molecular weight excluding hydrogens is 316 g/mol. The third kappa shape index (κ3) is 1.93. The fraction of sp³-hybridized carbons (Fsp3) is 0. The third-order valence-electron chi connectivity index (χ3n) is 4.47. The van der Waals surface area contributed by atoms with E-state index in [0.29, 0.717) is 5.02 Å². The molecule has 5 rings (SSSR count). The van der Waals surface area contributed by atoms with Crippen LogP contribution in [0.3, 0.4) is 0 Å². The van der Waals surface area contributed by atoms with Gasteiger partial charge in [0.1, 0.15) is 5.69 Å². The van der Waals surface area contributed by atoms with Gasteiger partial charge in [0.05, 0.1) is 16.2 Å². The molecule has 24 heavy (non-hydrogen) atoms. The first-order chi connectivity index (χ1) is 11.8. The molecule has 114 valence electrons. The van der Waals surface area contributed by atoms with Crippen LogP contribution in [0.2, 0.25) is 5.02 Å².